The van der Waals surface area contributed by atoms with Crippen LogP contribution in [0.4, 0.5) is 5.69 Å². The van der Waals surface area contributed by atoms with Gasteiger partial charge in [-0.1, -0.05) is 51.1 Å². The van der Waals surface area contributed by atoms with Crippen LogP contribution in [0.25, 0.3) is 28.0 Å². The molecule has 156 valence electrons. The van der Waals surface area contributed by atoms with E-state index in [0.717, 1.165) is 5.56 Å². The predicted octanol–water partition coefficient (Wildman–Crippen LogP) is 4.15. The lowest BCUT2D eigenvalue weighted by Crippen LogP contribution is -2.28. The van der Waals surface area contributed by atoms with Crippen LogP contribution in [0.2, 0.25) is 0 Å². The Morgan fingerprint density at radius 1 is 0.968 bits per heavy atom. The molecule has 7 nitrogen and oxygen atoms in total. The maximum Gasteiger partial charge on any atom is 0.249 e. The van der Waals surface area contributed by atoms with Crippen molar-refractivity contribution in [2.75, 3.05) is 5.32 Å². The van der Waals surface area contributed by atoms with Gasteiger partial charge in [0.15, 0.2) is 5.65 Å². The molecule has 31 heavy (non-hydrogen) atoms. The summed E-state index contributed by atoms with van der Waals surface area (Å²) in [5.74, 6) is -0.714. The van der Waals surface area contributed by atoms with E-state index in [0.29, 0.717) is 33.7 Å². The molecule has 0 aliphatic heterocycles. The molecule has 0 fully saturated rings. The highest BCUT2D eigenvalue weighted by Crippen LogP contribution is 2.40. The number of nitrogens with zero attached hydrogens (tertiary/aromatic N) is 3. The van der Waals surface area contributed by atoms with E-state index >= 15 is 0 Å². The highest BCUT2D eigenvalue weighted by atomic mass is 16.2. The van der Waals surface area contributed by atoms with Crippen LogP contribution in [0.5, 0.6) is 0 Å². The van der Waals surface area contributed by atoms with E-state index in [1.807, 2.05) is 57.2 Å². The van der Waals surface area contributed by atoms with Crippen LogP contribution in [-0.2, 0) is 4.79 Å². The van der Waals surface area contributed by atoms with Gasteiger partial charge in [0.1, 0.15) is 0 Å². The van der Waals surface area contributed by atoms with Crippen molar-refractivity contribution >= 4 is 23.1 Å². The number of carbonyl (C=O) groups is 2. The zero-order valence-corrected chi connectivity index (χ0v) is 17.6. The Hall–Kier alpha value is -4.00. The second kappa shape index (κ2) is 7.68. The number of rotatable bonds is 4. The number of nitrogens with one attached hydrogen (secondary N) is 1. The molecule has 0 bridgehead atoms. The monoisotopic (exact) mass is 413 g/mol. The van der Waals surface area contributed by atoms with Gasteiger partial charge in [0, 0.05) is 40.2 Å². The molecule has 0 atom stereocenters. The van der Waals surface area contributed by atoms with Crippen LogP contribution in [-0.4, -0.2) is 26.4 Å². The zero-order chi connectivity index (χ0) is 22.2. The van der Waals surface area contributed by atoms with Crippen LogP contribution in [0, 0.1) is 5.41 Å². The number of imidazole rings is 1. The fourth-order valence-electron chi connectivity index (χ4n) is 3.34. The summed E-state index contributed by atoms with van der Waals surface area (Å²) in [5.41, 5.74) is 9.35. The topological polar surface area (TPSA) is 102 Å². The van der Waals surface area contributed by atoms with Crippen molar-refractivity contribution in [2.45, 2.75) is 20.8 Å². The normalized spacial score (nSPS) is 11.5. The third-order valence-corrected chi connectivity index (χ3v) is 4.97. The van der Waals surface area contributed by atoms with E-state index < -0.39 is 11.3 Å². The molecule has 0 spiro atoms. The Morgan fingerprint density at radius 3 is 2.39 bits per heavy atom. The first kappa shape index (κ1) is 20.3. The summed E-state index contributed by atoms with van der Waals surface area (Å²) in [6, 6.07) is 16.5. The molecule has 0 saturated carbocycles. The number of aromatic nitrogens is 3. The molecule has 0 saturated heterocycles. The van der Waals surface area contributed by atoms with Crippen molar-refractivity contribution < 1.29 is 9.59 Å². The van der Waals surface area contributed by atoms with Gasteiger partial charge in [-0.2, -0.15) is 5.10 Å². The number of benzene rings is 2. The molecule has 2 aromatic carbocycles. The van der Waals surface area contributed by atoms with Crippen LogP contribution >= 0.6 is 0 Å². The average Bonchev–Trinajstić information content (AvgIpc) is 3.21. The predicted molar refractivity (Wildman–Crippen MR) is 120 cm³/mol. The standard InChI is InChI=1S/C24H23N5O2/c1-24(2,3)23(31)27-17-10-9-16(22(25)30)21(20(17)15-7-5-4-6-8-15)18-11-12-19-26-13-14-29(19)28-18/h4-14H,1-3H3,(H2,25,30)(H,27,31). The lowest BCUT2D eigenvalue weighted by Gasteiger charge is -2.22. The molecule has 2 amide bonds. The summed E-state index contributed by atoms with van der Waals surface area (Å²) in [6.07, 6.45) is 3.38. The van der Waals surface area contributed by atoms with Gasteiger partial charge in [-0.15, -0.1) is 0 Å². The van der Waals surface area contributed by atoms with E-state index in [9.17, 15) is 9.59 Å². The molecule has 2 aromatic heterocycles. The second-order valence-corrected chi connectivity index (χ2v) is 8.29. The van der Waals surface area contributed by atoms with E-state index in [1.165, 1.54) is 0 Å². The van der Waals surface area contributed by atoms with Crippen molar-refractivity contribution in [2.24, 2.45) is 11.1 Å². The molecule has 2 heterocycles. The molecule has 3 N–H and O–H groups in total. The number of carbonyl (C=O) groups excluding carboxylic acids is 2. The summed E-state index contributed by atoms with van der Waals surface area (Å²) in [7, 11) is 0. The fraction of sp³-hybridized carbons (Fsp3) is 0.167. The Kier molecular flexibility index (Phi) is 5.02. The molecule has 0 aliphatic rings. The number of anilines is 1. The van der Waals surface area contributed by atoms with Crippen molar-refractivity contribution in [1.29, 1.82) is 0 Å². The first-order chi connectivity index (χ1) is 14.8. The van der Waals surface area contributed by atoms with Gasteiger partial charge in [0.2, 0.25) is 11.8 Å². The van der Waals surface area contributed by atoms with Gasteiger partial charge in [0.05, 0.1) is 5.69 Å². The second-order valence-electron chi connectivity index (χ2n) is 8.29. The first-order valence-electron chi connectivity index (χ1n) is 9.90. The van der Waals surface area contributed by atoms with Crippen LogP contribution in [0.3, 0.4) is 0 Å². The Bertz CT molecular complexity index is 1290. The van der Waals surface area contributed by atoms with E-state index in [1.54, 1.807) is 35.1 Å². The maximum absolute atomic E-state index is 12.8. The van der Waals surface area contributed by atoms with Gasteiger partial charge >= 0.3 is 0 Å². The molecule has 7 heteroatoms. The number of nitrogens with two attached hydrogens (primary N) is 1. The highest BCUT2D eigenvalue weighted by Gasteiger charge is 2.26. The molecule has 0 unspecified atom stereocenters. The third-order valence-electron chi connectivity index (χ3n) is 4.97. The van der Waals surface area contributed by atoms with Crippen molar-refractivity contribution in [3.8, 4) is 22.4 Å². The van der Waals surface area contributed by atoms with Gasteiger partial charge in [-0.25, -0.2) is 9.50 Å². The average molecular weight is 413 g/mol. The highest BCUT2D eigenvalue weighted by molar-refractivity contribution is 6.08. The molecule has 4 rings (SSSR count). The Labute approximate surface area is 179 Å². The molecular weight excluding hydrogens is 390 g/mol. The Balaban J connectivity index is 2.03. The smallest absolute Gasteiger partial charge is 0.249 e. The summed E-state index contributed by atoms with van der Waals surface area (Å²) in [4.78, 5) is 29.4. The summed E-state index contributed by atoms with van der Waals surface area (Å²) < 4.78 is 1.63. The summed E-state index contributed by atoms with van der Waals surface area (Å²) in [5, 5.41) is 7.66. The molecular formula is C24H23N5O2. The lowest BCUT2D eigenvalue weighted by atomic mass is 9.90. The van der Waals surface area contributed by atoms with Crippen molar-refractivity contribution in [1.82, 2.24) is 14.6 Å². The number of hydrogen-bond donors (Lipinski definition) is 2. The number of fused-ring (bicyclic) bond motifs is 1. The zero-order valence-electron chi connectivity index (χ0n) is 17.6. The van der Waals surface area contributed by atoms with Crippen LogP contribution in [0.15, 0.2) is 67.0 Å². The van der Waals surface area contributed by atoms with E-state index in [2.05, 4.69) is 15.4 Å². The van der Waals surface area contributed by atoms with E-state index in [4.69, 9.17) is 5.73 Å². The minimum Gasteiger partial charge on any atom is -0.366 e. The van der Waals surface area contributed by atoms with Gasteiger partial charge in [-0.05, 0) is 29.8 Å². The molecule has 0 aliphatic carbocycles. The van der Waals surface area contributed by atoms with Crippen LogP contribution in [0.1, 0.15) is 31.1 Å². The Morgan fingerprint density at radius 2 is 1.71 bits per heavy atom. The molecule has 4 aromatic rings. The van der Waals surface area contributed by atoms with Gasteiger partial charge < -0.3 is 11.1 Å². The van der Waals surface area contributed by atoms with Crippen LogP contribution < -0.4 is 11.1 Å². The summed E-state index contributed by atoms with van der Waals surface area (Å²) >= 11 is 0. The largest absolute Gasteiger partial charge is 0.366 e. The number of amides is 2. The van der Waals surface area contributed by atoms with Gasteiger partial charge in [0.25, 0.3) is 0 Å². The van der Waals surface area contributed by atoms with Crippen molar-refractivity contribution in [3.05, 3.63) is 72.6 Å². The first-order valence-corrected chi connectivity index (χ1v) is 9.90. The number of hydrogen-bond acceptors (Lipinski definition) is 4. The fourth-order valence-corrected chi connectivity index (χ4v) is 3.34. The summed E-state index contributed by atoms with van der Waals surface area (Å²) in [6.45, 7) is 5.53. The van der Waals surface area contributed by atoms with Crippen molar-refractivity contribution in [3.63, 3.8) is 0 Å². The van der Waals surface area contributed by atoms with E-state index in [-0.39, 0.29) is 5.91 Å². The quantitative estimate of drug-likeness (QED) is 0.525. The molecule has 0 radical (unpaired) electrons. The van der Waals surface area contributed by atoms with Gasteiger partial charge in [-0.3, -0.25) is 9.59 Å². The minimum atomic E-state index is -0.593. The SMILES string of the molecule is CC(C)(C)C(=O)Nc1ccc(C(N)=O)c(-c2ccc3nccn3n2)c1-c1ccccc1. The lowest BCUT2D eigenvalue weighted by molar-refractivity contribution is -0.123. The third kappa shape index (κ3) is 3.90. The minimum absolute atomic E-state index is 0.138. The maximum atomic E-state index is 12.8. The number of primary amides is 1.